The Hall–Kier alpha value is -3.15. The van der Waals surface area contributed by atoms with Crippen LogP contribution in [0.4, 0.5) is 5.69 Å². The van der Waals surface area contributed by atoms with Crippen LogP contribution in [0.3, 0.4) is 0 Å². The molecule has 0 atom stereocenters. The van der Waals surface area contributed by atoms with Crippen molar-refractivity contribution in [2.24, 2.45) is 0 Å². The minimum atomic E-state index is -0.702. The first-order valence-corrected chi connectivity index (χ1v) is 6.09. The van der Waals surface area contributed by atoms with Crippen LogP contribution in [0.2, 0.25) is 0 Å². The van der Waals surface area contributed by atoms with Gasteiger partial charge in [0.25, 0.3) is 5.69 Å². The lowest BCUT2D eigenvalue weighted by Gasteiger charge is -2.01. The molecule has 0 aliphatic rings. The van der Waals surface area contributed by atoms with Crippen molar-refractivity contribution < 1.29 is 18.9 Å². The highest BCUT2D eigenvalue weighted by Crippen LogP contribution is 2.23. The molecular weight excluding hydrogens is 274 g/mol. The molecule has 0 saturated heterocycles. The highest BCUT2D eigenvalue weighted by molar-refractivity contribution is 5.93. The summed E-state index contributed by atoms with van der Waals surface area (Å²) in [7, 11) is 0. The van der Waals surface area contributed by atoms with Crippen molar-refractivity contribution in [3.63, 3.8) is 0 Å². The Balaban J connectivity index is 1.85. The van der Waals surface area contributed by atoms with E-state index in [9.17, 15) is 14.9 Å². The number of carbonyl (C=O) groups is 1. The number of non-ortho nitro benzene ring substituents is 1. The van der Waals surface area contributed by atoms with E-state index in [4.69, 9.17) is 9.15 Å². The maximum Gasteiger partial charge on any atom is 0.379 e. The fraction of sp³-hybridized carbons (Fsp3) is 0. The van der Waals surface area contributed by atoms with Crippen LogP contribution in [-0.4, -0.2) is 10.9 Å². The second kappa shape index (κ2) is 5.09. The lowest BCUT2D eigenvalue weighted by molar-refractivity contribution is -0.384. The van der Waals surface area contributed by atoms with Gasteiger partial charge in [-0.1, -0.05) is 24.3 Å². The summed E-state index contributed by atoms with van der Waals surface area (Å²) in [6.07, 6.45) is 0. The molecule has 0 radical (unpaired) electrons. The van der Waals surface area contributed by atoms with Crippen LogP contribution in [0.15, 0.2) is 59.0 Å². The second-order valence-corrected chi connectivity index (χ2v) is 4.29. The summed E-state index contributed by atoms with van der Waals surface area (Å²) >= 11 is 0. The predicted molar refractivity (Wildman–Crippen MR) is 74.3 cm³/mol. The zero-order valence-corrected chi connectivity index (χ0v) is 10.7. The standard InChI is InChI=1S/C15H9NO5/c17-15(14-8-10-4-1-2-7-13(10)21-14)20-12-6-3-5-11(9-12)16(18)19/h1-9H. The zero-order valence-electron chi connectivity index (χ0n) is 10.7. The van der Waals surface area contributed by atoms with Gasteiger partial charge in [-0.25, -0.2) is 4.79 Å². The number of rotatable bonds is 3. The first-order valence-electron chi connectivity index (χ1n) is 6.09. The molecule has 0 aliphatic carbocycles. The number of esters is 1. The lowest BCUT2D eigenvalue weighted by Crippen LogP contribution is -2.07. The summed E-state index contributed by atoms with van der Waals surface area (Å²) in [5, 5.41) is 11.5. The van der Waals surface area contributed by atoms with Gasteiger partial charge in [0.1, 0.15) is 11.3 Å². The summed E-state index contributed by atoms with van der Waals surface area (Å²) in [6.45, 7) is 0. The van der Waals surface area contributed by atoms with Crippen LogP contribution in [0.25, 0.3) is 11.0 Å². The quantitative estimate of drug-likeness (QED) is 0.317. The van der Waals surface area contributed by atoms with Crippen LogP contribution >= 0.6 is 0 Å². The molecule has 0 N–H and O–H groups in total. The van der Waals surface area contributed by atoms with E-state index in [1.54, 1.807) is 18.2 Å². The third-order valence-corrected chi connectivity index (χ3v) is 2.87. The molecule has 0 aliphatic heterocycles. The molecule has 6 heteroatoms. The number of nitrogens with zero attached hydrogens (tertiary/aromatic N) is 1. The Labute approximate surface area is 118 Å². The predicted octanol–water partition coefficient (Wildman–Crippen LogP) is 3.56. The number of hydrogen-bond acceptors (Lipinski definition) is 5. The molecule has 0 spiro atoms. The third kappa shape index (κ3) is 2.59. The average molecular weight is 283 g/mol. The van der Waals surface area contributed by atoms with Crippen LogP contribution in [-0.2, 0) is 0 Å². The largest absolute Gasteiger partial charge is 0.449 e. The van der Waals surface area contributed by atoms with E-state index in [1.165, 1.54) is 24.3 Å². The van der Waals surface area contributed by atoms with Crippen LogP contribution < -0.4 is 4.74 Å². The van der Waals surface area contributed by atoms with E-state index < -0.39 is 10.9 Å². The van der Waals surface area contributed by atoms with E-state index in [-0.39, 0.29) is 17.2 Å². The monoisotopic (exact) mass is 283 g/mol. The molecule has 0 bridgehead atoms. The van der Waals surface area contributed by atoms with Gasteiger partial charge in [-0.05, 0) is 18.2 Å². The van der Waals surface area contributed by atoms with E-state index >= 15 is 0 Å². The van der Waals surface area contributed by atoms with E-state index in [0.717, 1.165) is 5.39 Å². The fourth-order valence-electron chi connectivity index (χ4n) is 1.90. The van der Waals surface area contributed by atoms with Gasteiger partial charge < -0.3 is 9.15 Å². The fourth-order valence-corrected chi connectivity index (χ4v) is 1.90. The molecule has 2 aromatic carbocycles. The number of nitro benzene ring substituents is 1. The summed E-state index contributed by atoms with van der Waals surface area (Å²) in [6, 6.07) is 14.1. The highest BCUT2D eigenvalue weighted by Gasteiger charge is 2.16. The van der Waals surface area contributed by atoms with Gasteiger partial charge in [0.15, 0.2) is 0 Å². The number of para-hydroxylation sites is 1. The first kappa shape index (κ1) is 12.9. The van der Waals surface area contributed by atoms with Gasteiger partial charge >= 0.3 is 5.97 Å². The SMILES string of the molecule is O=C(Oc1cccc([N+](=O)[O-])c1)c1cc2ccccc2o1. The van der Waals surface area contributed by atoms with Crippen molar-refractivity contribution in [1.29, 1.82) is 0 Å². The minimum absolute atomic E-state index is 0.0442. The molecule has 0 saturated carbocycles. The molecule has 3 aromatic rings. The molecular formula is C15H9NO5. The van der Waals surface area contributed by atoms with Gasteiger partial charge in [0, 0.05) is 11.5 Å². The Bertz CT molecular complexity index is 804. The third-order valence-electron chi connectivity index (χ3n) is 2.87. The molecule has 0 unspecified atom stereocenters. The number of benzene rings is 2. The van der Waals surface area contributed by atoms with E-state index in [1.807, 2.05) is 12.1 Å². The Morgan fingerprint density at radius 1 is 1.10 bits per heavy atom. The number of furan rings is 1. The van der Waals surface area contributed by atoms with Crippen molar-refractivity contribution in [1.82, 2.24) is 0 Å². The zero-order chi connectivity index (χ0) is 14.8. The second-order valence-electron chi connectivity index (χ2n) is 4.29. The molecule has 0 fully saturated rings. The van der Waals surface area contributed by atoms with Gasteiger partial charge in [-0.3, -0.25) is 10.1 Å². The van der Waals surface area contributed by atoms with Crippen molar-refractivity contribution in [2.75, 3.05) is 0 Å². The van der Waals surface area contributed by atoms with Gasteiger partial charge in [-0.15, -0.1) is 0 Å². The first-order chi connectivity index (χ1) is 10.1. The van der Waals surface area contributed by atoms with Crippen molar-refractivity contribution in [3.8, 4) is 5.75 Å². The molecule has 6 nitrogen and oxygen atoms in total. The maximum atomic E-state index is 12.0. The summed E-state index contributed by atoms with van der Waals surface area (Å²) in [5.74, 6) is -0.566. The van der Waals surface area contributed by atoms with Crippen molar-refractivity contribution >= 4 is 22.6 Å². The lowest BCUT2D eigenvalue weighted by atomic mass is 10.2. The van der Waals surface area contributed by atoms with Crippen molar-refractivity contribution in [2.45, 2.75) is 0 Å². The number of hydrogen-bond donors (Lipinski definition) is 0. The molecule has 104 valence electrons. The normalized spacial score (nSPS) is 10.5. The topological polar surface area (TPSA) is 82.6 Å². The van der Waals surface area contributed by atoms with Gasteiger partial charge in [0.2, 0.25) is 5.76 Å². The molecule has 21 heavy (non-hydrogen) atoms. The summed E-state index contributed by atoms with van der Waals surface area (Å²) in [5.41, 5.74) is 0.424. The highest BCUT2D eigenvalue weighted by atomic mass is 16.6. The van der Waals surface area contributed by atoms with E-state index in [2.05, 4.69) is 0 Å². The Morgan fingerprint density at radius 3 is 2.67 bits per heavy atom. The molecule has 1 heterocycles. The number of carbonyl (C=O) groups excluding carboxylic acids is 1. The average Bonchev–Trinajstić information content (AvgIpc) is 2.91. The number of ether oxygens (including phenoxy) is 1. The molecule has 1 aromatic heterocycles. The Kier molecular flexibility index (Phi) is 3.12. The maximum absolute atomic E-state index is 12.0. The van der Waals surface area contributed by atoms with Crippen LogP contribution in [0.1, 0.15) is 10.6 Å². The number of fused-ring (bicyclic) bond motifs is 1. The summed E-state index contributed by atoms with van der Waals surface area (Å²) < 4.78 is 10.5. The van der Waals surface area contributed by atoms with E-state index in [0.29, 0.717) is 5.58 Å². The van der Waals surface area contributed by atoms with Crippen molar-refractivity contribution in [3.05, 3.63) is 70.5 Å². The van der Waals surface area contributed by atoms with Gasteiger partial charge in [0.05, 0.1) is 11.0 Å². The van der Waals surface area contributed by atoms with Gasteiger partial charge in [-0.2, -0.15) is 0 Å². The van der Waals surface area contributed by atoms with Crippen LogP contribution in [0.5, 0.6) is 5.75 Å². The molecule has 3 rings (SSSR count). The summed E-state index contributed by atoms with van der Waals surface area (Å²) in [4.78, 5) is 22.1. The smallest absolute Gasteiger partial charge is 0.379 e. The minimum Gasteiger partial charge on any atom is -0.449 e. The van der Waals surface area contributed by atoms with Crippen LogP contribution in [0, 0.1) is 10.1 Å². The number of nitro groups is 1. The molecule has 0 amide bonds. The Morgan fingerprint density at radius 2 is 1.90 bits per heavy atom.